The summed E-state index contributed by atoms with van der Waals surface area (Å²) in [5.41, 5.74) is 2.50. The van der Waals surface area contributed by atoms with Crippen molar-refractivity contribution in [2.24, 2.45) is 0 Å². The number of aliphatic carboxylic acids is 2. The molecule has 47 heavy (non-hydrogen) atoms. The third-order valence-corrected chi connectivity index (χ3v) is 6.61. The van der Waals surface area contributed by atoms with Crippen LogP contribution in [0.15, 0.2) is 65.4 Å². The van der Waals surface area contributed by atoms with Crippen LogP contribution in [0.5, 0.6) is 5.75 Å². The van der Waals surface area contributed by atoms with Crippen molar-refractivity contribution in [3.63, 3.8) is 0 Å². The summed E-state index contributed by atoms with van der Waals surface area (Å²) in [7, 11) is 0. The Bertz CT molecular complexity index is 1580. The van der Waals surface area contributed by atoms with Crippen molar-refractivity contribution in [2.75, 3.05) is 44.2 Å². The molecule has 0 spiro atoms. The van der Waals surface area contributed by atoms with Crippen molar-refractivity contribution >= 4 is 44.9 Å². The van der Waals surface area contributed by atoms with Gasteiger partial charge in [-0.1, -0.05) is 6.07 Å². The second-order valence-electron chi connectivity index (χ2n) is 9.68. The van der Waals surface area contributed by atoms with Gasteiger partial charge in [-0.25, -0.2) is 24.5 Å². The number of aromatic amines is 1. The van der Waals surface area contributed by atoms with Crippen LogP contribution in [0.25, 0.3) is 22.6 Å². The number of hydrogen-bond acceptors (Lipinski definition) is 9. The van der Waals surface area contributed by atoms with E-state index in [-0.39, 0.29) is 6.61 Å². The number of rotatable bonds is 7. The fraction of sp³-hybridized carbons (Fsp3) is 0.321. The summed E-state index contributed by atoms with van der Waals surface area (Å²) >= 11 is 3.42. The highest BCUT2D eigenvalue weighted by molar-refractivity contribution is 9.10. The molecule has 4 aromatic rings. The lowest BCUT2D eigenvalue weighted by Gasteiger charge is -2.36. The highest BCUT2D eigenvalue weighted by Crippen LogP contribution is 2.24. The Morgan fingerprint density at radius 2 is 1.53 bits per heavy atom. The number of nitrogens with zero attached hydrogens (tertiary/aromatic N) is 5. The molecule has 0 saturated carbocycles. The first kappa shape index (κ1) is 37.0. The lowest BCUT2D eigenvalue weighted by molar-refractivity contribution is -0.193. The molecule has 1 atom stereocenters. The van der Waals surface area contributed by atoms with Crippen LogP contribution < -0.4 is 9.64 Å². The molecule has 1 aromatic carbocycles. The molecule has 4 heterocycles. The van der Waals surface area contributed by atoms with Crippen molar-refractivity contribution in [2.45, 2.75) is 18.5 Å². The van der Waals surface area contributed by atoms with Crippen molar-refractivity contribution < 1.29 is 56.0 Å². The molecule has 1 fully saturated rings. The van der Waals surface area contributed by atoms with E-state index in [0.717, 1.165) is 59.1 Å². The number of alkyl halides is 6. The summed E-state index contributed by atoms with van der Waals surface area (Å²) < 4.78 is 70.2. The Labute approximate surface area is 270 Å². The summed E-state index contributed by atoms with van der Waals surface area (Å²) in [5, 5.41) is 24.7. The number of benzene rings is 1. The number of carboxylic acid groups (broad SMARTS) is 2. The normalized spacial score (nSPS) is 14.3. The minimum atomic E-state index is -5.08. The van der Waals surface area contributed by atoms with E-state index in [1.54, 1.807) is 6.20 Å². The summed E-state index contributed by atoms with van der Waals surface area (Å²) in [4.78, 5) is 38.9. The number of aliphatic hydroxyl groups is 1. The lowest BCUT2D eigenvalue weighted by atomic mass is 10.2. The number of carbonyl (C=O) groups is 2. The number of H-pyrrole nitrogens is 1. The summed E-state index contributed by atoms with van der Waals surface area (Å²) in [6.07, 6.45) is -7.16. The fourth-order valence-electron chi connectivity index (χ4n) is 3.96. The summed E-state index contributed by atoms with van der Waals surface area (Å²) in [6.45, 7) is 4.44. The smallest absolute Gasteiger partial charge is 0.490 e. The van der Waals surface area contributed by atoms with E-state index in [4.69, 9.17) is 24.5 Å². The van der Waals surface area contributed by atoms with E-state index >= 15 is 0 Å². The molecule has 1 aliphatic rings. The number of nitrogens with one attached hydrogen (secondary N) is 1. The molecular formula is C28H27BrF6N6O6. The lowest BCUT2D eigenvalue weighted by Crippen LogP contribution is -2.49. The van der Waals surface area contributed by atoms with Crippen molar-refractivity contribution in [3.8, 4) is 17.1 Å². The van der Waals surface area contributed by atoms with Crippen LogP contribution in [0.2, 0.25) is 0 Å². The van der Waals surface area contributed by atoms with Gasteiger partial charge < -0.3 is 29.9 Å². The Hall–Kier alpha value is -4.49. The molecule has 5 rings (SSSR count). The molecule has 4 N–H and O–H groups in total. The Morgan fingerprint density at radius 3 is 2.06 bits per heavy atom. The fourth-order valence-corrected chi connectivity index (χ4v) is 4.30. The van der Waals surface area contributed by atoms with Gasteiger partial charge in [0.25, 0.3) is 0 Å². The van der Waals surface area contributed by atoms with Crippen molar-refractivity contribution in [1.29, 1.82) is 0 Å². The van der Waals surface area contributed by atoms with Gasteiger partial charge in [-0.3, -0.25) is 4.90 Å². The zero-order valence-electron chi connectivity index (χ0n) is 24.0. The van der Waals surface area contributed by atoms with Gasteiger partial charge >= 0.3 is 24.3 Å². The SMILES string of the molecule is O=C(O)C(F)(F)F.O=C(O)C(F)(F)F.OC(COc1ccc(-c2nc3ncc(Br)cc3[nH]2)cc1)CN1CCN(c2ccccn2)CC1. The number of fused-ring (bicyclic) bond motifs is 1. The predicted octanol–water partition coefficient (Wildman–Crippen LogP) is 4.61. The number of pyridine rings is 2. The summed E-state index contributed by atoms with van der Waals surface area (Å²) in [5.74, 6) is -3.03. The number of hydrogen-bond donors (Lipinski definition) is 4. The molecule has 1 saturated heterocycles. The van der Waals surface area contributed by atoms with Gasteiger partial charge in [0.2, 0.25) is 0 Å². The van der Waals surface area contributed by atoms with E-state index in [1.807, 2.05) is 54.7 Å². The monoisotopic (exact) mass is 736 g/mol. The molecule has 0 amide bonds. The minimum Gasteiger partial charge on any atom is -0.491 e. The second kappa shape index (κ2) is 16.4. The van der Waals surface area contributed by atoms with Crippen LogP contribution in [0.1, 0.15) is 0 Å². The van der Waals surface area contributed by atoms with Crippen LogP contribution in [0.4, 0.5) is 32.2 Å². The van der Waals surface area contributed by atoms with Crippen molar-refractivity contribution in [3.05, 3.63) is 65.4 Å². The molecule has 254 valence electrons. The zero-order chi connectivity index (χ0) is 34.8. The maximum absolute atomic E-state index is 10.6. The molecule has 19 heteroatoms. The first-order valence-electron chi connectivity index (χ1n) is 13.4. The quantitative estimate of drug-likeness (QED) is 0.196. The number of β-amino-alcohol motifs (C(OH)–C–C–N with tert-alkyl or cyclic N) is 1. The van der Waals surface area contributed by atoms with Gasteiger partial charge in [-0.15, -0.1) is 0 Å². The average Bonchev–Trinajstić information content (AvgIpc) is 3.44. The second-order valence-corrected chi connectivity index (χ2v) is 10.6. The summed E-state index contributed by atoms with van der Waals surface area (Å²) in [6, 6.07) is 15.6. The number of aliphatic hydroxyl groups excluding tert-OH is 1. The number of anilines is 1. The van der Waals surface area contributed by atoms with Crippen molar-refractivity contribution in [1.82, 2.24) is 24.8 Å². The largest absolute Gasteiger partial charge is 0.491 e. The number of halogens is 7. The molecule has 0 aliphatic carbocycles. The topological polar surface area (TPSA) is 165 Å². The van der Waals surface area contributed by atoms with Crippen LogP contribution >= 0.6 is 15.9 Å². The van der Waals surface area contributed by atoms with E-state index < -0.39 is 30.4 Å². The maximum atomic E-state index is 10.6. The number of ether oxygens (including phenoxy) is 1. The van der Waals surface area contributed by atoms with Gasteiger partial charge in [0, 0.05) is 55.2 Å². The zero-order valence-corrected chi connectivity index (χ0v) is 25.6. The van der Waals surface area contributed by atoms with Gasteiger partial charge in [0.05, 0.1) is 5.52 Å². The van der Waals surface area contributed by atoms with E-state index in [9.17, 15) is 31.4 Å². The predicted molar refractivity (Wildman–Crippen MR) is 159 cm³/mol. The molecule has 3 aromatic heterocycles. The molecule has 0 radical (unpaired) electrons. The van der Waals surface area contributed by atoms with Gasteiger partial charge in [-0.2, -0.15) is 26.3 Å². The Morgan fingerprint density at radius 1 is 0.936 bits per heavy atom. The highest BCUT2D eigenvalue weighted by atomic mass is 79.9. The highest BCUT2D eigenvalue weighted by Gasteiger charge is 2.38. The van der Waals surface area contributed by atoms with Gasteiger partial charge in [0.1, 0.15) is 30.1 Å². The number of piperazine rings is 1. The first-order chi connectivity index (χ1) is 22.0. The van der Waals surface area contributed by atoms with Crippen LogP contribution in [-0.2, 0) is 9.59 Å². The van der Waals surface area contributed by atoms with Gasteiger partial charge in [-0.05, 0) is 58.4 Å². The average molecular weight is 737 g/mol. The number of aromatic nitrogens is 4. The number of imidazole rings is 1. The first-order valence-corrected chi connectivity index (χ1v) is 14.2. The van der Waals surface area contributed by atoms with Gasteiger partial charge in [0.15, 0.2) is 5.65 Å². The number of carboxylic acids is 2. The molecular weight excluding hydrogens is 710 g/mol. The third-order valence-electron chi connectivity index (χ3n) is 6.17. The van der Waals surface area contributed by atoms with Crippen LogP contribution in [-0.4, -0.2) is 110 Å². The van der Waals surface area contributed by atoms with Crippen LogP contribution in [0, 0.1) is 0 Å². The van der Waals surface area contributed by atoms with E-state index in [0.29, 0.717) is 12.2 Å². The van der Waals surface area contributed by atoms with E-state index in [1.165, 1.54) is 0 Å². The standard InChI is InChI=1S/C24H25BrN6O2.2C2HF3O2/c25-18-13-21-24(27-14-18)29-23(28-21)17-4-6-20(7-5-17)33-16-19(32)15-30-9-11-31(12-10-30)22-3-1-2-8-26-22;2*3-2(4,5)1(6)7/h1-8,13-14,19,32H,9-12,15-16H2,(H,27,28,29);2*(H,6,7). The van der Waals surface area contributed by atoms with Crippen LogP contribution in [0.3, 0.4) is 0 Å². The third kappa shape index (κ3) is 12.0. The Balaban J connectivity index is 0.000000360. The molecule has 0 bridgehead atoms. The molecule has 1 unspecified atom stereocenters. The van der Waals surface area contributed by atoms with E-state index in [2.05, 4.69) is 45.7 Å². The molecule has 1 aliphatic heterocycles. The molecule has 12 nitrogen and oxygen atoms in total. The Kier molecular flexibility index (Phi) is 12.9. The minimum absolute atomic E-state index is 0.252. The maximum Gasteiger partial charge on any atom is 0.490 e.